The van der Waals surface area contributed by atoms with Crippen molar-refractivity contribution in [2.45, 2.75) is 32.9 Å². The van der Waals surface area contributed by atoms with Gasteiger partial charge in [-0.2, -0.15) is 0 Å². The number of benzene rings is 1. The van der Waals surface area contributed by atoms with E-state index in [1.54, 1.807) is 4.90 Å². The third-order valence-corrected chi connectivity index (χ3v) is 6.20. The fourth-order valence-electron chi connectivity index (χ4n) is 3.28. The number of amides is 1. The molecule has 0 N–H and O–H groups in total. The molecule has 0 saturated carbocycles. The van der Waals surface area contributed by atoms with E-state index < -0.39 is 9.84 Å². The fraction of sp³-hybridized carbons (Fsp3) is 0.500. The van der Waals surface area contributed by atoms with Crippen molar-refractivity contribution in [3.8, 4) is 0 Å². The Labute approximate surface area is 136 Å². The first-order valence-corrected chi connectivity index (χ1v) is 9.65. The Morgan fingerprint density at radius 3 is 2.78 bits per heavy atom. The van der Waals surface area contributed by atoms with E-state index in [0.29, 0.717) is 13.0 Å². The summed E-state index contributed by atoms with van der Waals surface area (Å²) in [5.74, 6) is 0.987. The first kappa shape index (κ1) is 16.0. The van der Waals surface area contributed by atoms with Crippen LogP contribution in [0.25, 0.3) is 11.0 Å². The fourth-order valence-corrected chi connectivity index (χ4v) is 5.01. The van der Waals surface area contributed by atoms with Gasteiger partial charge in [0, 0.05) is 12.6 Å². The molecule has 1 aromatic carbocycles. The number of para-hydroxylation sites is 2. The van der Waals surface area contributed by atoms with E-state index in [4.69, 9.17) is 0 Å². The SMILES string of the molecule is CCN(C(=O)Cn1c(C)nc2ccccc21)C1CCS(=O)(=O)C1. The average molecular weight is 335 g/mol. The lowest BCUT2D eigenvalue weighted by Crippen LogP contribution is -2.42. The van der Waals surface area contributed by atoms with Crippen molar-refractivity contribution in [1.29, 1.82) is 0 Å². The van der Waals surface area contributed by atoms with Crippen LogP contribution in [-0.2, 0) is 21.2 Å². The minimum atomic E-state index is -3.00. The van der Waals surface area contributed by atoms with Crippen molar-refractivity contribution < 1.29 is 13.2 Å². The predicted molar refractivity (Wildman–Crippen MR) is 88.9 cm³/mol. The summed E-state index contributed by atoms with van der Waals surface area (Å²) in [5, 5.41) is 0. The topological polar surface area (TPSA) is 72.3 Å². The maximum Gasteiger partial charge on any atom is 0.242 e. The molecule has 1 saturated heterocycles. The highest BCUT2D eigenvalue weighted by molar-refractivity contribution is 7.91. The number of rotatable bonds is 4. The van der Waals surface area contributed by atoms with E-state index in [1.807, 2.05) is 42.7 Å². The number of hydrogen-bond donors (Lipinski definition) is 0. The van der Waals surface area contributed by atoms with Gasteiger partial charge in [-0.1, -0.05) is 12.1 Å². The molecule has 0 bridgehead atoms. The first-order valence-electron chi connectivity index (χ1n) is 7.83. The van der Waals surface area contributed by atoms with Gasteiger partial charge in [0.15, 0.2) is 9.84 Å². The number of aryl methyl sites for hydroxylation is 1. The van der Waals surface area contributed by atoms with Gasteiger partial charge in [-0.05, 0) is 32.4 Å². The van der Waals surface area contributed by atoms with Gasteiger partial charge in [0.1, 0.15) is 12.4 Å². The molecule has 3 rings (SSSR count). The monoisotopic (exact) mass is 335 g/mol. The van der Waals surface area contributed by atoms with E-state index in [1.165, 1.54) is 0 Å². The Morgan fingerprint density at radius 2 is 2.13 bits per heavy atom. The summed E-state index contributed by atoms with van der Waals surface area (Å²) >= 11 is 0. The standard InChI is InChI=1S/C16H21N3O3S/c1-3-18(13-8-9-23(21,22)11-13)16(20)10-19-12(2)17-14-6-4-5-7-15(14)19/h4-7,13H,3,8-11H2,1-2H3. The molecule has 1 unspecified atom stereocenters. The number of carbonyl (C=O) groups excluding carboxylic acids is 1. The molecule has 23 heavy (non-hydrogen) atoms. The Bertz CT molecular complexity index is 841. The van der Waals surface area contributed by atoms with Crippen molar-refractivity contribution >= 4 is 26.8 Å². The quantitative estimate of drug-likeness (QED) is 0.846. The van der Waals surface area contributed by atoms with Crippen LogP contribution in [0.1, 0.15) is 19.2 Å². The van der Waals surface area contributed by atoms with Crippen LogP contribution in [0.15, 0.2) is 24.3 Å². The van der Waals surface area contributed by atoms with Crippen molar-refractivity contribution in [2.75, 3.05) is 18.1 Å². The lowest BCUT2D eigenvalue weighted by atomic mass is 10.2. The van der Waals surface area contributed by atoms with Gasteiger partial charge >= 0.3 is 0 Å². The molecule has 0 spiro atoms. The third-order valence-electron chi connectivity index (χ3n) is 4.45. The molecular weight excluding hydrogens is 314 g/mol. The van der Waals surface area contributed by atoms with Crippen molar-refractivity contribution in [3.63, 3.8) is 0 Å². The van der Waals surface area contributed by atoms with Gasteiger partial charge < -0.3 is 9.47 Å². The number of imidazole rings is 1. The lowest BCUT2D eigenvalue weighted by molar-refractivity contribution is -0.133. The van der Waals surface area contributed by atoms with Gasteiger partial charge in [0.2, 0.25) is 5.91 Å². The number of nitrogens with zero attached hydrogens (tertiary/aromatic N) is 3. The van der Waals surface area contributed by atoms with Crippen molar-refractivity contribution in [2.24, 2.45) is 0 Å². The van der Waals surface area contributed by atoms with E-state index >= 15 is 0 Å². The molecule has 1 atom stereocenters. The summed E-state index contributed by atoms with van der Waals surface area (Å²) in [7, 11) is -3.00. The van der Waals surface area contributed by atoms with Crippen LogP contribution in [0.2, 0.25) is 0 Å². The molecule has 124 valence electrons. The number of carbonyl (C=O) groups is 1. The maximum absolute atomic E-state index is 12.7. The van der Waals surface area contributed by atoms with Crippen LogP contribution in [0, 0.1) is 6.92 Å². The molecule has 7 heteroatoms. The highest BCUT2D eigenvalue weighted by Gasteiger charge is 2.34. The van der Waals surface area contributed by atoms with Crippen LogP contribution in [0.4, 0.5) is 0 Å². The summed E-state index contributed by atoms with van der Waals surface area (Å²) in [4.78, 5) is 18.9. The molecule has 1 aromatic heterocycles. The van der Waals surface area contributed by atoms with Crippen LogP contribution < -0.4 is 0 Å². The summed E-state index contributed by atoms with van der Waals surface area (Å²) in [5.41, 5.74) is 1.79. The molecule has 1 aliphatic rings. The molecule has 1 fully saturated rings. The summed E-state index contributed by atoms with van der Waals surface area (Å²) in [6.45, 7) is 4.48. The van der Waals surface area contributed by atoms with E-state index in [2.05, 4.69) is 4.98 Å². The van der Waals surface area contributed by atoms with E-state index in [9.17, 15) is 13.2 Å². The predicted octanol–water partition coefficient (Wildman–Crippen LogP) is 1.38. The molecular formula is C16H21N3O3S. The smallest absolute Gasteiger partial charge is 0.242 e. The zero-order valence-electron chi connectivity index (χ0n) is 13.4. The van der Waals surface area contributed by atoms with Crippen molar-refractivity contribution in [1.82, 2.24) is 14.5 Å². The highest BCUT2D eigenvalue weighted by atomic mass is 32.2. The van der Waals surface area contributed by atoms with Gasteiger partial charge in [-0.25, -0.2) is 13.4 Å². The summed E-state index contributed by atoms with van der Waals surface area (Å²) in [6.07, 6.45) is 0.533. The maximum atomic E-state index is 12.7. The van der Waals surface area contributed by atoms with Crippen LogP contribution in [0.5, 0.6) is 0 Å². The van der Waals surface area contributed by atoms with Gasteiger partial charge in [-0.15, -0.1) is 0 Å². The Kier molecular flexibility index (Phi) is 4.14. The molecule has 0 aliphatic carbocycles. The average Bonchev–Trinajstić information content (AvgIpc) is 3.00. The zero-order chi connectivity index (χ0) is 16.6. The molecule has 1 aliphatic heterocycles. The second kappa shape index (κ2) is 5.96. The van der Waals surface area contributed by atoms with Crippen LogP contribution in [0.3, 0.4) is 0 Å². The number of aromatic nitrogens is 2. The molecule has 0 radical (unpaired) electrons. The number of likely N-dealkylation sites (N-methyl/N-ethyl adjacent to an activating group) is 1. The van der Waals surface area contributed by atoms with Crippen LogP contribution in [-0.4, -0.2) is 52.9 Å². The Morgan fingerprint density at radius 1 is 1.39 bits per heavy atom. The minimum Gasteiger partial charge on any atom is -0.337 e. The normalized spacial score (nSPS) is 20.0. The second-order valence-electron chi connectivity index (χ2n) is 5.97. The van der Waals surface area contributed by atoms with Crippen LogP contribution >= 0.6 is 0 Å². The Balaban J connectivity index is 1.83. The second-order valence-corrected chi connectivity index (χ2v) is 8.20. The number of hydrogen-bond acceptors (Lipinski definition) is 4. The molecule has 1 amide bonds. The molecule has 6 nitrogen and oxygen atoms in total. The van der Waals surface area contributed by atoms with Gasteiger partial charge in [0.05, 0.1) is 22.5 Å². The molecule has 2 aromatic rings. The van der Waals surface area contributed by atoms with Crippen molar-refractivity contribution in [3.05, 3.63) is 30.1 Å². The Hall–Kier alpha value is -1.89. The first-order chi connectivity index (χ1) is 10.9. The summed E-state index contributed by atoms with van der Waals surface area (Å²) in [6, 6.07) is 7.50. The minimum absolute atomic E-state index is 0.0548. The van der Waals surface area contributed by atoms with Gasteiger partial charge in [0.25, 0.3) is 0 Å². The molecule has 2 heterocycles. The zero-order valence-corrected chi connectivity index (χ0v) is 14.2. The number of sulfone groups is 1. The summed E-state index contributed by atoms with van der Waals surface area (Å²) < 4.78 is 25.2. The van der Waals surface area contributed by atoms with Gasteiger partial charge in [-0.3, -0.25) is 4.79 Å². The van der Waals surface area contributed by atoms with E-state index in [-0.39, 0.29) is 30.0 Å². The largest absolute Gasteiger partial charge is 0.337 e. The number of fused-ring (bicyclic) bond motifs is 1. The van der Waals surface area contributed by atoms with E-state index in [0.717, 1.165) is 16.9 Å². The third kappa shape index (κ3) is 3.10. The lowest BCUT2D eigenvalue weighted by Gasteiger charge is -2.27. The highest BCUT2D eigenvalue weighted by Crippen LogP contribution is 2.20.